The molecule has 14 heavy (non-hydrogen) atoms. The molecule has 0 aliphatic carbocycles. The summed E-state index contributed by atoms with van der Waals surface area (Å²) in [6.07, 6.45) is 0. The number of rotatable bonds is 3. The summed E-state index contributed by atoms with van der Waals surface area (Å²) in [6, 6.07) is 6.85. The predicted octanol–water partition coefficient (Wildman–Crippen LogP) is 1.12. The van der Waals surface area contributed by atoms with E-state index in [1.807, 2.05) is 6.92 Å². The molecule has 0 radical (unpaired) electrons. The van der Waals surface area contributed by atoms with Crippen molar-refractivity contribution in [3.8, 4) is 5.75 Å². The van der Waals surface area contributed by atoms with Gasteiger partial charge in [-0.2, -0.15) is 0 Å². The number of hydrogen-bond acceptors (Lipinski definition) is 3. The fraction of sp³-hybridized carbons (Fsp3) is 0.222. The van der Waals surface area contributed by atoms with Gasteiger partial charge in [-0.3, -0.25) is 4.79 Å². The zero-order chi connectivity index (χ0) is 10.6. The van der Waals surface area contributed by atoms with Gasteiger partial charge in [-0.25, -0.2) is 4.21 Å². The number of carbonyl (C=O) groups is 1. The van der Waals surface area contributed by atoms with Crippen molar-refractivity contribution in [2.45, 2.75) is 6.92 Å². The molecule has 0 aliphatic rings. The van der Waals surface area contributed by atoms with Gasteiger partial charge in [0.25, 0.3) is 0 Å². The van der Waals surface area contributed by atoms with Gasteiger partial charge in [-0.1, -0.05) is 17.7 Å². The highest BCUT2D eigenvalue weighted by atomic mass is 32.2. The summed E-state index contributed by atoms with van der Waals surface area (Å²) >= 11 is -2.15. The Morgan fingerprint density at radius 2 is 2.00 bits per heavy atom. The molecule has 4 nitrogen and oxygen atoms in total. The molecule has 0 heterocycles. The molecule has 0 saturated heterocycles. The Hall–Kier alpha value is -1.20. The van der Waals surface area contributed by atoms with E-state index in [9.17, 15) is 9.00 Å². The summed E-state index contributed by atoms with van der Waals surface area (Å²) in [5.74, 6) is -0.839. The number of aryl methyl sites for hydroxylation is 1. The van der Waals surface area contributed by atoms with E-state index in [2.05, 4.69) is 0 Å². The van der Waals surface area contributed by atoms with Crippen molar-refractivity contribution in [1.29, 1.82) is 0 Å². The highest BCUT2D eigenvalue weighted by Crippen LogP contribution is 2.11. The smallest absolute Gasteiger partial charge is 0.326 e. The van der Waals surface area contributed by atoms with Gasteiger partial charge in [0, 0.05) is 0 Å². The van der Waals surface area contributed by atoms with Crippen LogP contribution in [-0.2, 0) is 15.9 Å². The first-order valence-corrected chi connectivity index (χ1v) is 5.20. The average molecular weight is 214 g/mol. The minimum Gasteiger partial charge on any atom is -0.426 e. The molecule has 1 aromatic carbocycles. The van der Waals surface area contributed by atoms with Gasteiger partial charge >= 0.3 is 5.97 Å². The van der Waals surface area contributed by atoms with E-state index in [1.165, 1.54) is 0 Å². The van der Waals surface area contributed by atoms with Gasteiger partial charge in [-0.15, -0.1) is 0 Å². The van der Waals surface area contributed by atoms with E-state index in [0.717, 1.165) is 5.56 Å². The van der Waals surface area contributed by atoms with Crippen LogP contribution in [-0.4, -0.2) is 20.5 Å². The third-order valence-corrected chi connectivity index (χ3v) is 1.98. The van der Waals surface area contributed by atoms with Crippen LogP contribution in [0.2, 0.25) is 0 Å². The van der Waals surface area contributed by atoms with Crippen LogP contribution in [0.1, 0.15) is 5.56 Å². The van der Waals surface area contributed by atoms with Gasteiger partial charge < -0.3 is 9.29 Å². The molecule has 5 heteroatoms. The van der Waals surface area contributed by atoms with Gasteiger partial charge in [0.05, 0.1) is 0 Å². The quantitative estimate of drug-likeness (QED) is 0.465. The Bertz CT molecular complexity index is 344. The molecule has 0 spiro atoms. The monoisotopic (exact) mass is 214 g/mol. The molecule has 1 rings (SSSR count). The topological polar surface area (TPSA) is 63.6 Å². The minimum atomic E-state index is -2.15. The predicted molar refractivity (Wildman–Crippen MR) is 52.5 cm³/mol. The van der Waals surface area contributed by atoms with Crippen LogP contribution in [0.15, 0.2) is 24.3 Å². The molecule has 0 amide bonds. The van der Waals surface area contributed by atoms with E-state index in [4.69, 9.17) is 9.29 Å². The second-order valence-corrected chi connectivity index (χ2v) is 3.68. The van der Waals surface area contributed by atoms with Crippen molar-refractivity contribution in [1.82, 2.24) is 0 Å². The summed E-state index contributed by atoms with van der Waals surface area (Å²) in [7, 11) is 0. The molecule has 1 aromatic rings. The Morgan fingerprint density at radius 3 is 2.50 bits per heavy atom. The maximum atomic E-state index is 10.9. The lowest BCUT2D eigenvalue weighted by Crippen LogP contribution is -2.16. The normalized spacial score (nSPS) is 12.1. The van der Waals surface area contributed by atoms with Gasteiger partial charge in [0.2, 0.25) is 0 Å². The maximum absolute atomic E-state index is 10.9. The van der Waals surface area contributed by atoms with Crippen molar-refractivity contribution in [2.75, 3.05) is 5.75 Å². The van der Waals surface area contributed by atoms with Crippen LogP contribution in [0, 0.1) is 6.92 Å². The molecule has 1 N–H and O–H groups in total. The Balaban J connectivity index is 2.56. The number of carbonyl (C=O) groups excluding carboxylic acids is 1. The number of benzene rings is 1. The van der Waals surface area contributed by atoms with Crippen LogP contribution in [0.3, 0.4) is 0 Å². The number of ether oxygens (including phenoxy) is 1. The van der Waals surface area contributed by atoms with E-state index >= 15 is 0 Å². The van der Waals surface area contributed by atoms with E-state index in [0.29, 0.717) is 5.75 Å². The molecule has 0 aliphatic heterocycles. The van der Waals surface area contributed by atoms with Crippen LogP contribution >= 0.6 is 0 Å². The average Bonchev–Trinajstić information content (AvgIpc) is 2.07. The van der Waals surface area contributed by atoms with Crippen LogP contribution in [0.25, 0.3) is 0 Å². The first-order chi connectivity index (χ1) is 6.58. The lowest BCUT2D eigenvalue weighted by Gasteiger charge is -2.02. The van der Waals surface area contributed by atoms with Crippen molar-refractivity contribution in [3.63, 3.8) is 0 Å². The zero-order valence-corrected chi connectivity index (χ0v) is 8.41. The minimum absolute atomic E-state index is 0.381. The second-order valence-electron chi connectivity index (χ2n) is 2.75. The van der Waals surface area contributed by atoms with Gasteiger partial charge in [-0.05, 0) is 19.1 Å². The summed E-state index contributed by atoms with van der Waals surface area (Å²) < 4.78 is 23.5. The van der Waals surface area contributed by atoms with Crippen molar-refractivity contribution in [2.24, 2.45) is 0 Å². The molecular formula is C9H10O4S. The summed E-state index contributed by atoms with van der Waals surface area (Å²) in [4.78, 5) is 10.9. The molecule has 0 fully saturated rings. The lowest BCUT2D eigenvalue weighted by molar-refractivity contribution is -0.131. The maximum Gasteiger partial charge on any atom is 0.326 e. The summed E-state index contributed by atoms with van der Waals surface area (Å²) in [5.41, 5.74) is 1.05. The highest BCUT2D eigenvalue weighted by molar-refractivity contribution is 7.80. The molecule has 1 unspecified atom stereocenters. The van der Waals surface area contributed by atoms with E-state index in [1.54, 1.807) is 24.3 Å². The van der Waals surface area contributed by atoms with Gasteiger partial charge in [0.1, 0.15) is 11.5 Å². The van der Waals surface area contributed by atoms with Crippen molar-refractivity contribution < 1.29 is 18.3 Å². The standard InChI is InChI=1S/C9H10O4S/c1-7-2-4-8(5-3-7)13-9(10)6-14(11)12/h2-5H,6H2,1H3,(H,11,12). The Kier molecular flexibility index (Phi) is 3.79. The Labute approximate surface area is 84.2 Å². The third-order valence-electron chi connectivity index (χ3n) is 1.49. The fourth-order valence-electron chi connectivity index (χ4n) is 0.868. The molecule has 1 atom stereocenters. The fourth-order valence-corrected chi connectivity index (χ4v) is 1.13. The van der Waals surface area contributed by atoms with Crippen molar-refractivity contribution in [3.05, 3.63) is 29.8 Å². The lowest BCUT2D eigenvalue weighted by atomic mass is 10.2. The Morgan fingerprint density at radius 1 is 1.43 bits per heavy atom. The molecule has 0 bridgehead atoms. The van der Waals surface area contributed by atoms with Crippen LogP contribution in [0.5, 0.6) is 5.75 Å². The van der Waals surface area contributed by atoms with Crippen LogP contribution in [0.4, 0.5) is 0 Å². The van der Waals surface area contributed by atoms with Gasteiger partial charge in [0.15, 0.2) is 11.1 Å². The molecule has 0 saturated carbocycles. The largest absolute Gasteiger partial charge is 0.426 e. The van der Waals surface area contributed by atoms with E-state index < -0.39 is 22.8 Å². The second kappa shape index (κ2) is 4.88. The molecule has 76 valence electrons. The first-order valence-electron chi connectivity index (χ1n) is 3.93. The SMILES string of the molecule is Cc1ccc(OC(=O)CS(=O)O)cc1. The summed E-state index contributed by atoms with van der Waals surface area (Å²) in [6.45, 7) is 1.91. The zero-order valence-electron chi connectivity index (χ0n) is 7.60. The molecule has 0 aromatic heterocycles. The highest BCUT2D eigenvalue weighted by Gasteiger charge is 2.07. The third kappa shape index (κ3) is 3.68. The van der Waals surface area contributed by atoms with Crippen LogP contribution < -0.4 is 4.74 Å². The molecular weight excluding hydrogens is 204 g/mol. The van der Waals surface area contributed by atoms with Crippen molar-refractivity contribution >= 4 is 17.0 Å². The van der Waals surface area contributed by atoms with E-state index in [-0.39, 0.29) is 0 Å². The number of esters is 1. The summed E-state index contributed by atoms with van der Waals surface area (Å²) in [5, 5.41) is 0. The first kappa shape index (κ1) is 10.9. The number of hydrogen-bond donors (Lipinski definition) is 1.